The molecule has 1 rings (SSSR count). The van der Waals surface area contributed by atoms with Crippen LogP contribution in [0.4, 0.5) is 0 Å². The Morgan fingerprint density at radius 2 is 2.00 bits per heavy atom. The largest absolute Gasteiger partial charge is 0.389 e. The van der Waals surface area contributed by atoms with Gasteiger partial charge in [-0.1, -0.05) is 30.3 Å². The Bertz CT molecular complexity index is 438. The Balaban J connectivity index is 3.06. The van der Waals surface area contributed by atoms with Gasteiger partial charge in [0.15, 0.2) is 0 Å². The number of aliphatic hydroxyl groups is 1. The van der Waals surface area contributed by atoms with Gasteiger partial charge in [-0.25, -0.2) is 0 Å². The van der Waals surface area contributed by atoms with Crippen molar-refractivity contribution in [3.05, 3.63) is 42.0 Å². The Kier molecular flexibility index (Phi) is 4.94. The summed E-state index contributed by atoms with van der Waals surface area (Å²) < 4.78 is 0. The van der Waals surface area contributed by atoms with Crippen molar-refractivity contribution < 1.29 is 5.11 Å². The van der Waals surface area contributed by atoms with Gasteiger partial charge in [0.2, 0.25) is 0 Å². The van der Waals surface area contributed by atoms with E-state index in [0.29, 0.717) is 6.54 Å². The van der Waals surface area contributed by atoms with Crippen molar-refractivity contribution in [3.8, 4) is 6.07 Å². The summed E-state index contributed by atoms with van der Waals surface area (Å²) in [7, 11) is 0. The lowest BCUT2D eigenvalue weighted by Crippen LogP contribution is -2.37. The molecule has 0 fully saturated rings. The van der Waals surface area contributed by atoms with Gasteiger partial charge in [0, 0.05) is 19.2 Å². The summed E-state index contributed by atoms with van der Waals surface area (Å²) in [5, 5.41) is 18.9. The van der Waals surface area contributed by atoms with Crippen LogP contribution in [0.15, 0.2) is 36.4 Å². The first-order valence-electron chi connectivity index (χ1n) is 6.10. The molecule has 3 nitrogen and oxygen atoms in total. The molecule has 3 heteroatoms. The van der Waals surface area contributed by atoms with Gasteiger partial charge in [0.1, 0.15) is 0 Å². The molecule has 1 aromatic carbocycles. The molecule has 0 amide bonds. The topological polar surface area (TPSA) is 47.3 Å². The maximum Gasteiger partial charge on any atom is 0.0934 e. The molecule has 0 aliphatic rings. The fourth-order valence-electron chi connectivity index (χ4n) is 1.86. The van der Waals surface area contributed by atoms with Gasteiger partial charge in [0.25, 0.3) is 0 Å². The Morgan fingerprint density at radius 3 is 2.44 bits per heavy atom. The summed E-state index contributed by atoms with van der Waals surface area (Å²) in [5.74, 6) is 0. The van der Waals surface area contributed by atoms with Gasteiger partial charge < -0.3 is 10.0 Å². The first-order chi connectivity index (χ1) is 8.48. The van der Waals surface area contributed by atoms with Gasteiger partial charge in [-0.15, -0.1) is 0 Å². The second-order valence-corrected chi connectivity index (χ2v) is 4.85. The van der Waals surface area contributed by atoms with E-state index in [1.807, 2.05) is 42.2 Å². The molecule has 0 aliphatic carbocycles. The van der Waals surface area contributed by atoms with Crippen LogP contribution in [0.2, 0.25) is 0 Å². The molecule has 0 radical (unpaired) electrons. The molecule has 0 saturated carbocycles. The van der Waals surface area contributed by atoms with E-state index >= 15 is 0 Å². The number of hydrogen-bond acceptors (Lipinski definition) is 3. The van der Waals surface area contributed by atoms with Crippen molar-refractivity contribution in [1.29, 1.82) is 5.26 Å². The van der Waals surface area contributed by atoms with Crippen molar-refractivity contribution in [2.24, 2.45) is 0 Å². The first-order valence-corrected chi connectivity index (χ1v) is 6.10. The number of allylic oxidation sites excluding steroid dienone is 1. The molecule has 0 atom stereocenters. The normalized spacial score (nSPS) is 12.1. The number of likely N-dealkylation sites (N-methyl/N-ethyl adjacent to an activating group) is 1. The zero-order valence-electron chi connectivity index (χ0n) is 11.2. The van der Waals surface area contributed by atoms with Gasteiger partial charge >= 0.3 is 0 Å². The van der Waals surface area contributed by atoms with E-state index in [9.17, 15) is 5.11 Å². The van der Waals surface area contributed by atoms with Crippen LogP contribution in [0.5, 0.6) is 0 Å². The number of nitriles is 1. The van der Waals surface area contributed by atoms with E-state index in [2.05, 4.69) is 6.07 Å². The number of rotatable bonds is 5. The highest BCUT2D eigenvalue weighted by Crippen LogP contribution is 2.21. The summed E-state index contributed by atoms with van der Waals surface area (Å²) in [6, 6.07) is 11.8. The fourth-order valence-corrected chi connectivity index (χ4v) is 1.86. The zero-order valence-corrected chi connectivity index (χ0v) is 11.2. The minimum Gasteiger partial charge on any atom is -0.389 e. The van der Waals surface area contributed by atoms with E-state index in [-0.39, 0.29) is 0 Å². The molecule has 0 saturated heterocycles. The lowest BCUT2D eigenvalue weighted by molar-refractivity contribution is 0.0547. The van der Waals surface area contributed by atoms with E-state index in [1.54, 1.807) is 13.8 Å². The van der Waals surface area contributed by atoms with Gasteiger partial charge in [-0.3, -0.25) is 0 Å². The zero-order chi connectivity index (χ0) is 13.6. The lowest BCUT2D eigenvalue weighted by Gasteiger charge is -2.31. The third-order valence-electron chi connectivity index (χ3n) is 2.57. The minimum atomic E-state index is -0.792. The molecule has 1 N–H and O–H groups in total. The summed E-state index contributed by atoms with van der Waals surface area (Å²) in [5.41, 5.74) is 1.05. The molecule has 0 bridgehead atoms. The van der Waals surface area contributed by atoms with Crippen LogP contribution >= 0.6 is 0 Å². The maximum absolute atomic E-state index is 9.93. The third-order valence-corrected chi connectivity index (χ3v) is 2.57. The average Bonchev–Trinajstić information content (AvgIpc) is 2.33. The Labute approximate surface area is 109 Å². The molecule has 0 unspecified atom stereocenters. The van der Waals surface area contributed by atoms with Crippen LogP contribution < -0.4 is 0 Å². The van der Waals surface area contributed by atoms with Gasteiger partial charge in [0.05, 0.1) is 17.4 Å². The van der Waals surface area contributed by atoms with Gasteiger partial charge in [-0.05, 0) is 26.3 Å². The highest BCUT2D eigenvalue weighted by molar-refractivity contribution is 5.66. The van der Waals surface area contributed by atoms with Crippen molar-refractivity contribution in [1.82, 2.24) is 4.90 Å². The molecule has 0 aromatic heterocycles. The van der Waals surface area contributed by atoms with Crippen molar-refractivity contribution in [2.75, 3.05) is 13.1 Å². The smallest absolute Gasteiger partial charge is 0.0934 e. The third kappa shape index (κ3) is 4.23. The highest BCUT2D eigenvalue weighted by Gasteiger charge is 2.19. The maximum atomic E-state index is 9.93. The predicted molar refractivity (Wildman–Crippen MR) is 73.6 cm³/mol. The van der Waals surface area contributed by atoms with E-state index in [0.717, 1.165) is 17.8 Å². The lowest BCUT2D eigenvalue weighted by atomic mass is 10.1. The van der Waals surface area contributed by atoms with Crippen LogP contribution in [-0.4, -0.2) is 28.7 Å². The highest BCUT2D eigenvalue weighted by atomic mass is 16.3. The molecular formula is C15H20N2O. The van der Waals surface area contributed by atoms with Crippen molar-refractivity contribution >= 4 is 5.70 Å². The SMILES string of the molecule is CCN(CC(C)(C)O)/C(=C/C#N)c1ccccc1. The predicted octanol–water partition coefficient (Wildman–Crippen LogP) is 2.64. The quantitative estimate of drug-likeness (QED) is 0.810. The van der Waals surface area contributed by atoms with Crippen LogP contribution in [0, 0.1) is 11.3 Å². The standard InChI is InChI=1S/C15H20N2O/c1-4-17(12-15(2,3)18)14(10-11-16)13-8-6-5-7-9-13/h5-10,18H,4,12H2,1-3H3/b14-10+. The Morgan fingerprint density at radius 1 is 1.39 bits per heavy atom. The summed E-state index contributed by atoms with van der Waals surface area (Å²) >= 11 is 0. The summed E-state index contributed by atoms with van der Waals surface area (Å²) in [6.07, 6.45) is 1.53. The second-order valence-electron chi connectivity index (χ2n) is 4.85. The first kappa shape index (κ1) is 14.3. The number of hydrogen-bond donors (Lipinski definition) is 1. The van der Waals surface area contributed by atoms with Crippen molar-refractivity contribution in [3.63, 3.8) is 0 Å². The molecule has 0 spiro atoms. The average molecular weight is 244 g/mol. The molecular weight excluding hydrogens is 224 g/mol. The second kappa shape index (κ2) is 6.23. The fraction of sp³-hybridized carbons (Fsp3) is 0.400. The van der Waals surface area contributed by atoms with E-state index in [1.165, 1.54) is 6.08 Å². The minimum absolute atomic E-state index is 0.492. The number of benzene rings is 1. The van der Waals surface area contributed by atoms with Crippen LogP contribution in [0.1, 0.15) is 26.3 Å². The summed E-state index contributed by atoms with van der Waals surface area (Å²) in [4.78, 5) is 2.01. The molecule has 96 valence electrons. The monoisotopic (exact) mass is 244 g/mol. The van der Waals surface area contributed by atoms with E-state index < -0.39 is 5.60 Å². The van der Waals surface area contributed by atoms with Crippen LogP contribution in [0.3, 0.4) is 0 Å². The molecule has 0 heterocycles. The molecule has 0 aliphatic heterocycles. The molecule has 18 heavy (non-hydrogen) atoms. The van der Waals surface area contributed by atoms with Gasteiger partial charge in [-0.2, -0.15) is 5.26 Å². The number of nitrogens with zero attached hydrogens (tertiary/aromatic N) is 2. The van der Waals surface area contributed by atoms with Crippen LogP contribution in [-0.2, 0) is 0 Å². The van der Waals surface area contributed by atoms with Crippen molar-refractivity contribution in [2.45, 2.75) is 26.4 Å². The van der Waals surface area contributed by atoms with Crippen LogP contribution in [0.25, 0.3) is 5.70 Å². The van der Waals surface area contributed by atoms with E-state index in [4.69, 9.17) is 5.26 Å². The molecule has 1 aromatic rings. The summed E-state index contributed by atoms with van der Waals surface area (Å²) in [6.45, 7) is 6.79. The Hall–Kier alpha value is -1.79.